The van der Waals surface area contributed by atoms with Crippen molar-refractivity contribution in [1.29, 1.82) is 0 Å². The van der Waals surface area contributed by atoms with Gasteiger partial charge in [-0.05, 0) is 35.7 Å². The lowest BCUT2D eigenvalue weighted by molar-refractivity contribution is -0.116. The molecular formula is C16H15BrFNOS. The maximum absolute atomic E-state index is 14.0. The van der Waals surface area contributed by atoms with Crippen LogP contribution in [0.25, 0.3) is 11.1 Å². The number of hydrogen-bond acceptors (Lipinski definition) is 2. The quantitative estimate of drug-likeness (QED) is 0.706. The topological polar surface area (TPSA) is 29.1 Å². The summed E-state index contributed by atoms with van der Waals surface area (Å²) in [4.78, 5) is 12.4. The van der Waals surface area contributed by atoms with E-state index in [9.17, 15) is 9.18 Å². The van der Waals surface area contributed by atoms with Gasteiger partial charge in [0.15, 0.2) is 0 Å². The van der Waals surface area contributed by atoms with Crippen LogP contribution >= 0.6 is 28.6 Å². The third-order valence-corrected chi connectivity index (χ3v) is 4.05. The molecule has 21 heavy (non-hydrogen) atoms. The highest BCUT2D eigenvalue weighted by Gasteiger charge is 2.13. The number of nitrogens with one attached hydrogen (secondary N) is 1. The van der Waals surface area contributed by atoms with Crippen LogP contribution in [0.15, 0.2) is 45.8 Å². The highest BCUT2D eigenvalue weighted by atomic mass is 79.9. The van der Waals surface area contributed by atoms with Crippen molar-refractivity contribution in [3.63, 3.8) is 0 Å². The van der Waals surface area contributed by atoms with E-state index in [0.29, 0.717) is 10.9 Å². The van der Waals surface area contributed by atoms with Crippen molar-refractivity contribution in [2.75, 3.05) is 5.32 Å². The second-order valence-corrected chi connectivity index (χ2v) is 5.96. The summed E-state index contributed by atoms with van der Waals surface area (Å²) in [5.74, 6) is -0.657. The van der Waals surface area contributed by atoms with Crippen molar-refractivity contribution >= 4 is 40.2 Å². The number of hydrogen-bond donors (Lipinski definition) is 2. The summed E-state index contributed by atoms with van der Waals surface area (Å²) in [5, 5.41) is 2.61. The Morgan fingerprint density at radius 1 is 1.29 bits per heavy atom. The normalized spacial score (nSPS) is 10.5. The van der Waals surface area contributed by atoms with Crippen LogP contribution in [-0.4, -0.2) is 5.91 Å². The molecule has 0 saturated carbocycles. The second-order valence-electron chi connectivity index (χ2n) is 4.63. The monoisotopic (exact) mass is 367 g/mol. The van der Waals surface area contributed by atoms with Gasteiger partial charge in [0.05, 0.1) is 5.69 Å². The Balaban J connectivity index is 2.44. The zero-order valence-electron chi connectivity index (χ0n) is 11.5. The summed E-state index contributed by atoms with van der Waals surface area (Å²) in [6, 6.07) is 10.5. The zero-order chi connectivity index (χ0) is 15.4. The number of amides is 1. The fourth-order valence-corrected chi connectivity index (χ4v) is 2.80. The van der Waals surface area contributed by atoms with Gasteiger partial charge in [-0.15, -0.1) is 12.6 Å². The van der Waals surface area contributed by atoms with Crippen molar-refractivity contribution < 1.29 is 9.18 Å². The molecule has 1 N–H and O–H groups in total. The average Bonchev–Trinajstić information content (AvgIpc) is 2.43. The van der Waals surface area contributed by atoms with Gasteiger partial charge in [-0.2, -0.15) is 0 Å². The number of anilines is 1. The van der Waals surface area contributed by atoms with Crippen molar-refractivity contribution in [3.05, 3.63) is 46.7 Å². The Labute approximate surface area is 137 Å². The molecule has 5 heteroatoms. The molecule has 0 fully saturated rings. The minimum Gasteiger partial charge on any atom is -0.324 e. The Kier molecular flexibility index (Phi) is 5.42. The predicted molar refractivity (Wildman–Crippen MR) is 90.3 cm³/mol. The molecule has 2 rings (SSSR count). The first-order valence-electron chi connectivity index (χ1n) is 6.60. The van der Waals surface area contributed by atoms with Gasteiger partial charge in [0.1, 0.15) is 5.82 Å². The molecule has 0 unspecified atom stereocenters. The van der Waals surface area contributed by atoms with E-state index >= 15 is 0 Å². The number of carbonyl (C=O) groups excluding carboxylic acids is 1. The first kappa shape index (κ1) is 16.0. The van der Waals surface area contributed by atoms with Crippen molar-refractivity contribution in [1.82, 2.24) is 0 Å². The van der Waals surface area contributed by atoms with E-state index in [4.69, 9.17) is 0 Å². The smallest absolute Gasteiger partial charge is 0.224 e. The molecule has 0 aliphatic heterocycles. The van der Waals surface area contributed by atoms with Gasteiger partial charge < -0.3 is 5.32 Å². The Hall–Kier alpha value is -1.33. The molecule has 2 aromatic rings. The predicted octanol–water partition coefficient (Wildman–Crippen LogP) is 5.28. The lowest BCUT2D eigenvalue weighted by Gasteiger charge is -2.12. The van der Waals surface area contributed by atoms with E-state index in [1.54, 1.807) is 6.07 Å². The van der Waals surface area contributed by atoms with Crippen LogP contribution in [-0.2, 0) is 4.79 Å². The third-order valence-electron chi connectivity index (χ3n) is 3.00. The summed E-state index contributed by atoms with van der Waals surface area (Å²) in [7, 11) is 0. The summed E-state index contributed by atoms with van der Waals surface area (Å²) >= 11 is 7.78. The molecule has 0 aromatic heterocycles. The van der Waals surface area contributed by atoms with Gasteiger partial charge in [0, 0.05) is 15.8 Å². The summed E-state index contributed by atoms with van der Waals surface area (Å²) in [6.45, 7) is 1.90. The van der Waals surface area contributed by atoms with Crippen LogP contribution in [0.4, 0.5) is 10.1 Å². The second kappa shape index (κ2) is 7.09. The molecule has 0 saturated heterocycles. The van der Waals surface area contributed by atoms with E-state index in [0.717, 1.165) is 22.4 Å². The van der Waals surface area contributed by atoms with Gasteiger partial charge in [0.25, 0.3) is 0 Å². The SMILES string of the molecule is CCCC(=O)Nc1cc(-c2ccccc2S)c(Br)cc1F. The van der Waals surface area contributed by atoms with Gasteiger partial charge >= 0.3 is 0 Å². The number of thiol groups is 1. The van der Waals surface area contributed by atoms with Crippen molar-refractivity contribution in [2.45, 2.75) is 24.7 Å². The minimum absolute atomic E-state index is 0.184. The van der Waals surface area contributed by atoms with E-state index in [-0.39, 0.29) is 11.6 Å². The molecule has 0 bridgehead atoms. The van der Waals surface area contributed by atoms with Crippen LogP contribution in [0.3, 0.4) is 0 Å². The number of rotatable bonds is 4. The fraction of sp³-hybridized carbons (Fsp3) is 0.188. The van der Waals surface area contributed by atoms with E-state index in [2.05, 4.69) is 33.9 Å². The van der Waals surface area contributed by atoms with E-state index in [1.165, 1.54) is 6.07 Å². The maximum Gasteiger partial charge on any atom is 0.224 e. The summed E-state index contributed by atoms with van der Waals surface area (Å²) < 4.78 is 14.6. The average molecular weight is 368 g/mol. The molecule has 0 heterocycles. The van der Waals surface area contributed by atoms with E-state index in [1.807, 2.05) is 31.2 Å². The number of benzene rings is 2. The number of carbonyl (C=O) groups is 1. The standard InChI is InChI=1S/C16H15BrFNOS/c1-2-5-16(20)19-14-8-11(12(17)9-13(14)18)10-6-3-4-7-15(10)21/h3-4,6-9,21H,2,5H2,1H3,(H,19,20). The molecular weight excluding hydrogens is 353 g/mol. The molecule has 2 aromatic carbocycles. The summed E-state index contributed by atoms with van der Waals surface area (Å²) in [5.41, 5.74) is 1.84. The molecule has 0 atom stereocenters. The van der Waals surface area contributed by atoms with Crippen LogP contribution in [0.5, 0.6) is 0 Å². The van der Waals surface area contributed by atoms with Crippen molar-refractivity contribution in [3.8, 4) is 11.1 Å². The first-order valence-corrected chi connectivity index (χ1v) is 7.84. The third kappa shape index (κ3) is 3.86. The molecule has 2 nitrogen and oxygen atoms in total. The lowest BCUT2D eigenvalue weighted by atomic mass is 10.0. The zero-order valence-corrected chi connectivity index (χ0v) is 14.0. The maximum atomic E-state index is 14.0. The molecule has 0 radical (unpaired) electrons. The van der Waals surface area contributed by atoms with Crippen LogP contribution < -0.4 is 5.32 Å². The molecule has 0 spiro atoms. The van der Waals surface area contributed by atoms with Crippen molar-refractivity contribution in [2.24, 2.45) is 0 Å². The fourth-order valence-electron chi connectivity index (χ4n) is 1.99. The number of halogens is 2. The molecule has 0 aliphatic rings. The van der Waals surface area contributed by atoms with Gasteiger partial charge in [-0.3, -0.25) is 4.79 Å². The molecule has 1 amide bonds. The largest absolute Gasteiger partial charge is 0.324 e. The van der Waals surface area contributed by atoms with Crippen LogP contribution in [0.1, 0.15) is 19.8 Å². The lowest BCUT2D eigenvalue weighted by Crippen LogP contribution is -2.12. The van der Waals surface area contributed by atoms with Gasteiger partial charge in [-0.25, -0.2) is 4.39 Å². The summed E-state index contributed by atoms with van der Waals surface area (Å²) in [6.07, 6.45) is 1.09. The van der Waals surface area contributed by atoms with Crippen LogP contribution in [0.2, 0.25) is 0 Å². The highest BCUT2D eigenvalue weighted by Crippen LogP contribution is 2.35. The molecule has 0 aliphatic carbocycles. The Morgan fingerprint density at radius 2 is 2.00 bits per heavy atom. The Morgan fingerprint density at radius 3 is 2.67 bits per heavy atom. The molecule has 110 valence electrons. The minimum atomic E-state index is -0.466. The highest BCUT2D eigenvalue weighted by molar-refractivity contribution is 9.10. The Bertz CT molecular complexity index is 675. The van der Waals surface area contributed by atoms with Gasteiger partial charge in [-0.1, -0.05) is 41.1 Å². The first-order chi connectivity index (χ1) is 10.0. The van der Waals surface area contributed by atoms with Crippen LogP contribution in [0, 0.1) is 5.82 Å². The van der Waals surface area contributed by atoms with E-state index < -0.39 is 5.82 Å². The van der Waals surface area contributed by atoms with Gasteiger partial charge in [0.2, 0.25) is 5.91 Å².